The third kappa shape index (κ3) is 3.84. The first kappa shape index (κ1) is 22.2. The molecule has 1 aromatic heterocycles. The zero-order chi connectivity index (χ0) is 24.4. The number of nitriles is 2. The van der Waals surface area contributed by atoms with Gasteiger partial charge in [-0.25, -0.2) is 18.8 Å². The van der Waals surface area contributed by atoms with Gasteiger partial charge < -0.3 is 21.5 Å². The Bertz CT molecular complexity index is 1410. The fourth-order valence-electron chi connectivity index (χ4n) is 3.51. The molecular weight excluding hydrogens is 449 g/mol. The van der Waals surface area contributed by atoms with E-state index < -0.39 is 29.2 Å². The zero-order valence-electron chi connectivity index (χ0n) is 17.2. The zero-order valence-corrected chi connectivity index (χ0v) is 17.2. The number of benzene rings is 2. The minimum Gasteiger partial charge on any atom is -0.486 e. The van der Waals surface area contributed by atoms with Crippen LogP contribution >= 0.6 is 0 Å². The molecule has 2 aromatic carbocycles. The summed E-state index contributed by atoms with van der Waals surface area (Å²) in [7, 11) is 0. The standard InChI is InChI=1S/C22H15F3N8O/c23-13-5-6-14(17(25)16(13)24)34-8-10-3-1-2-4-11(10)19-15-18(28)12(7-26)20(29)32-21(15)33-22(31-19)30-9-27/h1-6,19H,8H2,(H6,28,29,30,31,32,33). The van der Waals surface area contributed by atoms with Gasteiger partial charge in [0.05, 0.1) is 5.69 Å². The maximum Gasteiger partial charge on any atom is 0.211 e. The summed E-state index contributed by atoms with van der Waals surface area (Å²) in [6.45, 7) is -0.235. The third-order valence-electron chi connectivity index (χ3n) is 5.09. The van der Waals surface area contributed by atoms with Gasteiger partial charge in [0, 0.05) is 5.56 Å². The number of halogens is 3. The maximum absolute atomic E-state index is 14.1. The van der Waals surface area contributed by atoms with E-state index in [1.807, 2.05) is 6.07 Å². The molecule has 9 nitrogen and oxygen atoms in total. The van der Waals surface area contributed by atoms with Crippen molar-refractivity contribution < 1.29 is 17.9 Å². The van der Waals surface area contributed by atoms with Gasteiger partial charge in [0.2, 0.25) is 11.8 Å². The minimum atomic E-state index is -1.64. The summed E-state index contributed by atoms with van der Waals surface area (Å²) in [5.41, 5.74) is 13.4. The van der Waals surface area contributed by atoms with Crippen LogP contribution in [0, 0.1) is 40.2 Å². The van der Waals surface area contributed by atoms with E-state index in [4.69, 9.17) is 21.5 Å². The summed E-state index contributed by atoms with van der Waals surface area (Å²) >= 11 is 0. The van der Waals surface area contributed by atoms with E-state index in [0.717, 1.165) is 12.1 Å². The van der Waals surface area contributed by atoms with Crippen molar-refractivity contribution >= 4 is 23.3 Å². The Kier molecular flexibility index (Phi) is 5.80. The quantitative estimate of drug-likeness (QED) is 0.261. The molecule has 0 saturated heterocycles. The Morgan fingerprint density at radius 1 is 1.09 bits per heavy atom. The van der Waals surface area contributed by atoms with E-state index in [1.54, 1.807) is 30.5 Å². The van der Waals surface area contributed by atoms with Gasteiger partial charge in [0.25, 0.3) is 0 Å². The summed E-state index contributed by atoms with van der Waals surface area (Å²) < 4.78 is 46.3. The number of hydrogen-bond donors (Lipinski definition) is 4. The number of nitrogens with zero attached hydrogens (tertiary/aromatic N) is 4. The van der Waals surface area contributed by atoms with E-state index in [0.29, 0.717) is 16.7 Å². The molecule has 1 atom stereocenters. The highest BCUT2D eigenvalue weighted by Gasteiger charge is 2.31. The summed E-state index contributed by atoms with van der Waals surface area (Å²) in [5.74, 6) is -4.77. The molecule has 0 radical (unpaired) electrons. The molecule has 0 amide bonds. The van der Waals surface area contributed by atoms with E-state index in [-0.39, 0.29) is 35.5 Å². The van der Waals surface area contributed by atoms with Crippen LogP contribution in [0.25, 0.3) is 0 Å². The molecule has 0 bridgehead atoms. The molecule has 1 unspecified atom stereocenters. The van der Waals surface area contributed by atoms with Crippen LogP contribution in [-0.4, -0.2) is 10.9 Å². The van der Waals surface area contributed by atoms with Crippen molar-refractivity contribution in [1.82, 2.24) is 10.3 Å². The van der Waals surface area contributed by atoms with Crippen molar-refractivity contribution in [2.45, 2.75) is 12.6 Å². The second-order valence-electron chi connectivity index (χ2n) is 7.06. The molecule has 0 fully saturated rings. The molecule has 6 N–H and O–H groups in total. The first-order valence-electron chi connectivity index (χ1n) is 9.68. The molecule has 0 aliphatic carbocycles. The number of aliphatic imine (C=N–C) groups is 1. The average Bonchev–Trinajstić information content (AvgIpc) is 2.82. The van der Waals surface area contributed by atoms with E-state index in [9.17, 15) is 18.4 Å². The van der Waals surface area contributed by atoms with Crippen molar-refractivity contribution in [3.8, 4) is 18.0 Å². The fraction of sp³-hybridized carbons (Fsp3) is 0.0909. The summed E-state index contributed by atoms with van der Waals surface area (Å²) in [6.07, 6.45) is 1.75. The van der Waals surface area contributed by atoms with Crippen LogP contribution in [0.2, 0.25) is 0 Å². The lowest BCUT2D eigenvalue weighted by molar-refractivity contribution is 0.280. The predicted molar refractivity (Wildman–Crippen MR) is 117 cm³/mol. The van der Waals surface area contributed by atoms with Crippen LogP contribution in [0.4, 0.5) is 30.5 Å². The molecule has 4 rings (SSSR count). The summed E-state index contributed by atoms with van der Waals surface area (Å²) in [4.78, 5) is 8.65. The topological polar surface area (TPSA) is 158 Å². The van der Waals surface area contributed by atoms with E-state index in [1.165, 1.54) is 0 Å². The molecule has 0 saturated carbocycles. The first-order chi connectivity index (χ1) is 16.3. The predicted octanol–water partition coefficient (Wildman–Crippen LogP) is 3.06. The molecule has 34 heavy (non-hydrogen) atoms. The summed E-state index contributed by atoms with van der Waals surface area (Å²) in [6, 6.07) is 9.53. The number of nitrogen functional groups attached to an aromatic ring is 2. The van der Waals surface area contributed by atoms with Crippen LogP contribution in [-0.2, 0) is 6.61 Å². The van der Waals surface area contributed by atoms with Crippen LogP contribution in [0.15, 0.2) is 41.4 Å². The second-order valence-corrected chi connectivity index (χ2v) is 7.06. The third-order valence-corrected chi connectivity index (χ3v) is 5.09. The number of guanidine groups is 1. The summed E-state index contributed by atoms with van der Waals surface area (Å²) in [5, 5.41) is 23.7. The molecule has 2 heterocycles. The largest absolute Gasteiger partial charge is 0.486 e. The van der Waals surface area contributed by atoms with Gasteiger partial charge >= 0.3 is 0 Å². The lowest BCUT2D eigenvalue weighted by Crippen LogP contribution is -2.33. The van der Waals surface area contributed by atoms with Crippen molar-refractivity contribution in [3.05, 3.63) is 76.1 Å². The van der Waals surface area contributed by atoms with E-state index >= 15 is 0 Å². The normalized spacial score (nSPS) is 14.1. The molecule has 12 heteroatoms. The van der Waals surface area contributed by atoms with Gasteiger partial charge in [-0.2, -0.15) is 14.9 Å². The minimum absolute atomic E-state index is 0.0324. The maximum atomic E-state index is 14.1. The second kappa shape index (κ2) is 8.88. The van der Waals surface area contributed by atoms with Gasteiger partial charge in [-0.3, -0.25) is 5.32 Å². The van der Waals surface area contributed by atoms with Crippen LogP contribution in [0.3, 0.4) is 0 Å². The number of anilines is 3. The monoisotopic (exact) mass is 464 g/mol. The Labute approximate surface area is 191 Å². The smallest absolute Gasteiger partial charge is 0.211 e. The van der Waals surface area contributed by atoms with Gasteiger partial charge in [-0.1, -0.05) is 24.3 Å². The Morgan fingerprint density at radius 3 is 2.59 bits per heavy atom. The molecule has 170 valence electrons. The molecule has 1 aliphatic heterocycles. The lowest BCUT2D eigenvalue weighted by Gasteiger charge is -2.27. The number of rotatable bonds is 4. The Morgan fingerprint density at radius 2 is 1.85 bits per heavy atom. The van der Waals surface area contributed by atoms with Gasteiger partial charge in [-0.05, 0) is 23.3 Å². The highest BCUT2D eigenvalue weighted by molar-refractivity contribution is 5.98. The fourth-order valence-corrected chi connectivity index (χ4v) is 3.51. The Balaban J connectivity index is 1.79. The SMILES string of the molecule is N#CNC1=NC(c2ccccc2COc2ccc(F)c(F)c2F)c2c(nc(N)c(C#N)c2N)N1. The molecule has 1 aliphatic rings. The molecular formula is C22H15F3N8O. The van der Waals surface area contributed by atoms with Gasteiger partial charge in [-0.15, -0.1) is 0 Å². The highest BCUT2D eigenvalue weighted by Crippen LogP contribution is 2.41. The number of hydrogen-bond acceptors (Lipinski definition) is 9. The average molecular weight is 464 g/mol. The van der Waals surface area contributed by atoms with Gasteiger partial charge in [0.15, 0.2) is 23.6 Å². The van der Waals surface area contributed by atoms with Crippen LogP contribution in [0.1, 0.15) is 28.3 Å². The molecule has 0 spiro atoms. The van der Waals surface area contributed by atoms with Crippen molar-refractivity contribution in [2.24, 2.45) is 4.99 Å². The number of ether oxygens (including phenoxy) is 1. The van der Waals surface area contributed by atoms with Crippen molar-refractivity contribution in [2.75, 3.05) is 16.8 Å². The van der Waals surface area contributed by atoms with Crippen molar-refractivity contribution in [1.29, 1.82) is 10.5 Å². The number of pyridine rings is 1. The van der Waals surface area contributed by atoms with E-state index in [2.05, 4.69) is 20.6 Å². The molecule has 3 aromatic rings. The lowest BCUT2D eigenvalue weighted by atomic mass is 9.92. The highest BCUT2D eigenvalue weighted by atomic mass is 19.2. The number of aromatic nitrogens is 1. The number of nitrogens with one attached hydrogen (secondary N) is 2. The Hall–Kier alpha value is -4.97. The number of nitrogens with two attached hydrogens (primary N) is 2. The number of fused-ring (bicyclic) bond motifs is 1. The van der Waals surface area contributed by atoms with Gasteiger partial charge in [0.1, 0.15) is 35.9 Å². The van der Waals surface area contributed by atoms with Crippen LogP contribution < -0.4 is 26.8 Å². The first-order valence-corrected chi connectivity index (χ1v) is 9.68. The van der Waals surface area contributed by atoms with Crippen molar-refractivity contribution in [3.63, 3.8) is 0 Å². The van der Waals surface area contributed by atoms with Crippen LogP contribution in [0.5, 0.6) is 5.75 Å².